The van der Waals surface area contributed by atoms with Crippen LogP contribution >= 0.6 is 0 Å². The number of hydrogen-bond acceptors (Lipinski definition) is 5. The molecular formula is C21H24N6O2S. The predicted molar refractivity (Wildman–Crippen MR) is 115 cm³/mol. The number of nitrogens with zero attached hydrogens (tertiary/aromatic N) is 6. The van der Waals surface area contributed by atoms with Crippen molar-refractivity contribution in [2.45, 2.75) is 31.8 Å². The normalized spacial score (nSPS) is 18.4. The van der Waals surface area contributed by atoms with Crippen LogP contribution in [0.1, 0.15) is 31.1 Å². The SMILES string of the molecule is Cn1c([C@H]2CCCCN2S(=O)(=O)CCn2nnc3ccccc32)nc2ccccc21. The van der Waals surface area contributed by atoms with Crippen molar-refractivity contribution >= 4 is 32.1 Å². The van der Waals surface area contributed by atoms with Crippen molar-refractivity contribution in [3.05, 3.63) is 54.4 Å². The fourth-order valence-corrected chi connectivity index (χ4v) is 5.99. The zero-order chi connectivity index (χ0) is 20.7. The second-order valence-corrected chi connectivity index (χ2v) is 9.80. The van der Waals surface area contributed by atoms with E-state index in [0.29, 0.717) is 6.54 Å². The van der Waals surface area contributed by atoms with Crippen LogP contribution in [-0.4, -0.2) is 49.6 Å². The maximum atomic E-state index is 13.4. The monoisotopic (exact) mass is 424 g/mol. The molecule has 3 heterocycles. The molecule has 1 aliphatic rings. The van der Waals surface area contributed by atoms with Gasteiger partial charge in [0.1, 0.15) is 11.3 Å². The maximum Gasteiger partial charge on any atom is 0.216 e. The van der Waals surface area contributed by atoms with E-state index in [-0.39, 0.29) is 18.3 Å². The zero-order valence-electron chi connectivity index (χ0n) is 16.8. The number of sulfonamides is 1. The van der Waals surface area contributed by atoms with E-state index in [1.165, 1.54) is 0 Å². The van der Waals surface area contributed by atoms with Crippen LogP contribution in [0, 0.1) is 0 Å². The molecule has 1 atom stereocenters. The van der Waals surface area contributed by atoms with Crippen LogP contribution < -0.4 is 0 Å². The molecule has 4 aromatic rings. The fraction of sp³-hybridized carbons (Fsp3) is 0.381. The summed E-state index contributed by atoms with van der Waals surface area (Å²) in [6.45, 7) is 0.795. The van der Waals surface area contributed by atoms with E-state index in [4.69, 9.17) is 4.98 Å². The van der Waals surface area contributed by atoms with E-state index in [2.05, 4.69) is 10.3 Å². The third-order valence-corrected chi connectivity index (χ3v) is 7.76. The van der Waals surface area contributed by atoms with Gasteiger partial charge in [-0.1, -0.05) is 35.9 Å². The van der Waals surface area contributed by atoms with E-state index in [1.807, 2.05) is 60.1 Å². The van der Waals surface area contributed by atoms with Gasteiger partial charge in [0.25, 0.3) is 0 Å². The number of aromatic nitrogens is 5. The molecule has 1 saturated heterocycles. The van der Waals surface area contributed by atoms with Crippen LogP contribution in [0.4, 0.5) is 0 Å². The number of para-hydroxylation sites is 3. The van der Waals surface area contributed by atoms with Crippen molar-refractivity contribution in [1.29, 1.82) is 0 Å². The lowest BCUT2D eigenvalue weighted by Crippen LogP contribution is -2.41. The minimum absolute atomic E-state index is 0.0131. The Bertz CT molecular complexity index is 1310. The molecule has 0 saturated carbocycles. The second-order valence-electron chi connectivity index (χ2n) is 7.76. The average Bonchev–Trinajstić information content (AvgIpc) is 3.34. The van der Waals surface area contributed by atoms with Gasteiger partial charge in [0.2, 0.25) is 10.0 Å². The molecule has 0 spiro atoms. The summed E-state index contributed by atoms with van der Waals surface area (Å²) in [4.78, 5) is 4.78. The van der Waals surface area contributed by atoms with Crippen molar-refractivity contribution in [2.75, 3.05) is 12.3 Å². The number of hydrogen-bond donors (Lipinski definition) is 0. The van der Waals surface area contributed by atoms with E-state index in [0.717, 1.165) is 47.2 Å². The highest BCUT2D eigenvalue weighted by Gasteiger charge is 2.35. The Morgan fingerprint density at radius 2 is 1.73 bits per heavy atom. The van der Waals surface area contributed by atoms with Gasteiger partial charge in [-0.2, -0.15) is 4.31 Å². The average molecular weight is 425 g/mol. The first-order valence-corrected chi connectivity index (χ1v) is 11.8. The van der Waals surface area contributed by atoms with Crippen LogP contribution in [0.3, 0.4) is 0 Å². The van der Waals surface area contributed by atoms with Gasteiger partial charge in [0.15, 0.2) is 0 Å². The van der Waals surface area contributed by atoms with Crippen molar-refractivity contribution in [2.24, 2.45) is 7.05 Å². The summed E-state index contributed by atoms with van der Waals surface area (Å²) in [6, 6.07) is 15.3. The van der Waals surface area contributed by atoms with E-state index in [9.17, 15) is 8.42 Å². The van der Waals surface area contributed by atoms with Crippen molar-refractivity contribution < 1.29 is 8.42 Å². The fourth-order valence-electron chi connectivity index (χ4n) is 4.36. The molecule has 0 unspecified atom stereocenters. The Balaban J connectivity index is 1.43. The lowest BCUT2D eigenvalue weighted by atomic mass is 10.0. The summed E-state index contributed by atoms with van der Waals surface area (Å²) in [5.74, 6) is 0.798. The third-order valence-electron chi connectivity index (χ3n) is 5.91. The molecule has 30 heavy (non-hydrogen) atoms. The first kappa shape index (κ1) is 19.2. The van der Waals surface area contributed by atoms with Gasteiger partial charge in [0.05, 0.1) is 34.9 Å². The third kappa shape index (κ3) is 3.27. The van der Waals surface area contributed by atoms with Crippen molar-refractivity contribution in [1.82, 2.24) is 28.9 Å². The molecule has 9 heteroatoms. The number of rotatable bonds is 5. The molecule has 5 rings (SSSR count). The zero-order valence-corrected chi connectivity index (χ0v) is 17.7. The Morgan fingerprint density at radius 1 is 1.00 bits per heavy atom. The Morgan fingerprint density at radius 3 is 2.53 bits per heavy atom. The molecular weight excluding hydrogens is 400 g/mol. The molecule has 0 amide bonds. The summed E-state index contributed by atoms with van der Waals surface area (Å²) < 4.78 is 32.1. The van der Waals surface area contributed by atoms with Crippen LogP contribution in [0.5, 0.6) is 0 Å². The van der Waals surface area contributed by atoms with Crippen LogP contribution in [0.2, 0.25) is 0 Å². The van der Waals surface area contributed by atoms with Gasteiger partial charge in [0, 0.05) is 13.6 Å². The molecule has 1 fully saturated rings. The number of imidazole rings is 1. The van der Waals surface area contributed by atoms with Gasteiger partial charge in [-0.05, 0) is 37.1 Å². The molecule has 0 N–H and O–H groups in total. The van der Waals surface area contributed by atoms with Gasteiger partial charge < -0.3 is 4.57 Å². The summed E-state index contributed by atoms with van der Waals surface area (Å²) >= 11 is 0. The molecule has 0 radical (unpaired) electrons. The summed E-state index contributed by atoms with van der Waals surface area (Å²) in [5.41, 5.74) is 3.53. The maximum absolute atomic E-state index is 13.4. The van der Waals surface area contributed by atoms with Gasteiger partial charge in [-0.3, -0.25) is 0 Å². The predicted octanol–water partition coefficient (Wildman–Crippen LogP) is 2.88. The van der Waals surface area contributed by atoms with Gasteiger partial charge in [-0.15, -0.1) is 5.10 Å². The number of aryl methyl sites for hydroxylation is 2. The molecule has 1 aliphatic heterocycles. The molecule has 156 valence electrons. The van der Waals surface area contributed by atoms with E-state index in [1.54, 1.807) is 8.99 Å². The molecule has 2 aromatic heterocycles. The van der Waals surface area contributed by atoms with Crippen LogP contribution in [0.15, 0.2) is 48.5 Å². The highest BCUT2D eigenvalue weighted by molar-refractivity contribution is 7.89. The number of benzene rings is 2. The molecule has 8 nitrogen and oxygen atoms in total. The summed E-state index contributed by atoms with van der Waals surface area (Å²) in [6.07, 6.45) is 2.64. The van der Waals surface area contributed by atoms with Crippen LogP contribution in [-0.2, 0) is 23.6 Å². The Kier molecular flexibility index (Phi) is 4.79. The molecule has 2 aromatic carbocycles. The summed E-state index contributed by atoms with van der Waals surface area (Å²) in [7, 11) is -1.52. The van der Waals surface area contributed by atoms with Crippen molar-refractivity contribution in [3.63, 3.8) is 0 Å². The molecule has 0 aliphatic carbocycles. The largest absolute Gasteiger partial charge is 0.330 e. The highest BCUT2D eigenvalue weighted by Crippen LogP contribution is 2.34. The van der Waals surface area contributed by atoms with Gasteiger partial charge in [-0.25, -0.2) is 18.1 Å². The van der Waals surface area contributed by atoms with E-state index < -0.39 is 10.0 Å². The number of piperidine rings is 1. The quantitative estimate of drug-likeness (QED) is 0.492. The summed E-state index contributed by atoms with van der Waals surface area (Å²) in [5, 5.41) is 8.25. The second kappa shape index (κ2) is 7.48. The smallest absolute Gasteiger partial charge is 0.216 e. The number of fused-ring (bicyclic) bond motifs is 2. The topological polar surface area (TPSA) is 85.9 Å². The minimum Gasteiger partial charge on any atom is -0.330 e. The lowest BCUT2D eigenvalue weighted by molar-refractivity contribution is 0.243. The first-order chi connectivity index (χ1) is 14.5. The highest BCUT2D eigenvalue weighted by atomic mass is 32.2. The minimum atomic E-state index is -3.49. The standard InChI is InChI=1S/C21H24N6O2S/c1-25-18-10-4-2-8-16(18)22-21(25)20-12-6-7-13-27(20)30(28,29)15-14-26-19-11-5-3-9-17(19)23-24-26/h2-5,8-11,20H,6-7,12-15H2,1H3/t20-/m1/s1. The Labute approximate surface area is 175 Å². The molecule has 0 bridgehead atoms. The lowest BCUT2D eigenvalue weighted by Gasteiger charge is -2.34. The van der Waals surface area contributed by atoms with Gasteiger partial charge >= 0.3 is 0 Å². The van der Waals surface area contributed by atoms with Crippen molar-refractivity contribution in [3.8, 4) is 0 Å². The van der Waals surface area contributed by atoms with E-state index >= 15 is 0 Å². The Hall–Kier alpha value is -2.78. The van der Waals surface area contributed by atoms with Crippen LogP contribution in [0.25, 0.3) is 22.1 Å². The first-order valence-electron chi connectivity index (χ1n) is 10.2.